The average molecular weight is 249 g/mol. The van der Waals surface area contributed by atoms with E-state index in [1.807, 2.05) is 4.90 Å². The molecule has 94 valence electrons. The zero-order chi connectivity index (χ0) is 10.8. The van der Waals surface area contributed by atoms with Crippen LogP contribution in [0.4, 0.5) is 0 Å². The van der Waals surface area contributed by atoms with Gasteiger partial charge in [0.1, 0.15) is 6.10 Å². The van der Waals surface area contributed by atoms with E-state index in [1.54, 1.807) is 0 Å². The lowest BCUT2D eigenvalue weighted by Gasteiger charge is -2.24. The molecule has 2 heterocycles. The van der Waals surface area contributed by atoms with E-state index in [1.165, 1.54) is 0 Å². The van der Waals surface area contributed by atoms with Crippen LogP contribution in [0.5, 0.6) is 0 Å². The summed E-state index contributed by atoms with van der Waals surface area (Å²) in [6, 6.07) is 0.329. The standard InChI is InChI=1S/C11H20N2O2.ClH/c1-8-5-9(6-12)7-13(8)11(14)10-3-2-4-15-10;/h8-10H,2-7,12H2,1H3;1H. The van der Waals surface area contributed by atoms with Crippen LogP contribution < -0.4 is 5.73 Å². The second kappa shape index (κ2) is 5.84. The maximum absolute atomic E-state index is 12.1. The molecule has 2 rings (SSSR count). The van der Waals surface area contributed by atoms with Crippen molar-refractivity contribution >= 4 is 18.3 Å². The van der Waals surface area contributed by atoms with Crippen LogP contribution in [-0.4, -0.2) is 42.6 Å². The summed E-state index contributed by atoms with van der Waals surface area (Å²) < 4.78 is 5.42. The molecular weight excluding hydrogens is 228 g/mol. The summed E-state index contributed by atoms with van der Waals surface area (Å²) in [4.78, 5) is 14.0. The minimum Gasteiger partial charge on any atom is -0.368 e. The van der Waals surface area contributed by atoms with Crippen molar-refractivity contribution in [1.82, 2.24) is 4.90 Å². The molecule has 0 aliphatic carbocycles. The lowest BCUT2D eigenvalue weighted by atomic mass is 10.1. The summed E-state index contributed by atoms with van der Waals surface area (Å²) in [7, 11) is 0. The van der Waals surface area contributed by atoms with Gasteiger partial charge in [0.15, 0.2) is 0 Å². The Labute approximate surface area is 103 Å². The first-order chi connectivity index (χ1) is 7.22. The number of hydrogen-bond donors (Lipinski definition) is 1. The highest BCUT2D eigenvalue weighted by Crippen LogP contribution is 2.25. The van der Waals surface area contributed by atoms with Crippen LogP contribution in [0.1, 0.15) is 26.2 Å². The van der Waals surface area contributed by atoms with E-state index in [0.717, 1.165) is 32.4 Å². The highest BCUT2D eigenvalue weighted by atomic mass is 35.5. The van der Waals surface area contributed by atoms with Crippen molar-refractivity contribution in [2.75, 3.05) is 19.7 Å². The summed E-state index contributed by atoms with van der Waals surface area (Å²) in [5.74, 6) is 0.654. The topological polar surface area (TPSA) is 55.6 Å². The third kappa shape index (κ3) is 2.67. The summed E-state index contributed by atoms with van der Waals surface area (Å²) in [5, 5.41) is 0. The molecule has 2 aliphatic heterocycles. The van der Waals surface area contributed by atoms with Crippen molar-refractivity contribution < 1.29 is 9.53 Å². The minimum absolute atomic E-state index is 0. The lowest BCUT2D eigenvalue weighted by Crippen LogP contribution is -2.41. The van der Waals surface area contributed by atoms with Gasteiger partial charge in [-0.25, -0.2) is 0 Å². The fourth-order valence-electron chi connectivity index (χ4n) is 2.58. The Morgan fingerprint density at radius 3 is 2.81 bits per heavy atom. The molecule has 2 saturated heterocycles. The number of carbonyl (C=O) groups is 1. The molecule has 5 heteroatoms. The highest BCUT2D eigenvalue weighted by Gasteiger charge is 2.36. The summed E-state index contributed by atoms with van der Waals surface area (Å²) >= 11 is 0. The first kappa shape index (κ1) is 13.7. The van der Waals surface area contributed by atoms with E-state index < -0.39 is 0 Å². The van der Waals surface area contributed by atoms with Crippen LogP contribution in [0.3, 0.4) is 0 Å². The van der Waals surface area contributed by atoms with Gasteiger partial charge in [-0.2, -0.15) is 0 Å². The van der Waals surface area contributed by atoms with Gasteiger partial charge in [0.05, 0.1) is 0 Å². The maximum atomic E-state index is 12.1. The Hall–Kier alpha value is -0.320. The second-order valence-corrected chi connectivity index (χ2v) is 4.68. The van der Waals surface area contributed by atoms with Gasteiger partial charge in [0.25, 0.3) is 5.91 Å². The van der Waals surface area contributed by atoms with Crippen LogP contribution in [0.15, 0.2) is 0 Å². The average Bonchev–Trinajstić information content (AvgIpc) is 2.85. The molecule has 0 aromatic rings. The summed E-state index contributed by atoms with van der Waals surface area (Å²) in [6.07, 6.45) is 2.76. The van der Waals surface area contributed by atoms with Gasteiger partial charge < -0.3 is 15.4 Å². The predicted octanol–water partition coefficient (Wildman–Crippen LogP) is 0.783. The molecule has 2 aliphatic rings. The number of amides is 1. The van der Waals surface area contributed by atoms with E-state index in [2.05, 4.69) is 6.92 Å². The second-order valence-electron chi connectivity index (χ2n) is 4.68. The van der Waals surface area contributed by atoms with Gasteiger partial charge in [-0.15, -0.1) is 12.4 Å². The van der Waals surface area contributed by atoms with Gasteiger partial charge in [-0.3, -0.25) is 4.79 Å². The fraction of sp³-hybridized carbons (Fsp3) is 0.909. The quantitative estimate of drug-likeness (QED) is 0.786. The van der Waals surface area contributed by atoms with Crippen molar-refractivity contribution in [2.45, 2.75) is 38.3 Å². The molecule has 0 spiro atoms. The molecule has 3 atom stereocenters. The van der Waals surface area contributed by atoms with Crippen molar-refractivity contribution in [3.8, 4) is 0 Å². The summed E-state index contributed by atoms with van der Waals surface area (Å²) in [5.41, 5.74) is 5.64. The Morgan fingerprint density at radius 2 is 2.31 bits per heavy atom. The Morgan fingerprint density at radius 1 is 1.56 bits per heavy atom. The maximum Gasteiger partial charge on any atom is 0.251 e. The molecule has 0 saturated carbocycles. The SMILES string of the molecule is CC1CC(CN)CN1C(=O)C1CCCO1.Cl. The fourth-order valence-corrected chi connectivity index (χ4v) is 2.58. The zero-order valence-corrected chi connectivity index (χ0v) is 10.5. The Balaban J connectivity index is 0.00000128. The van der Waals surface area contributed by atoms with Crippen LogP contribution in [0.25, 0.3) is 0 Å². The highest BCUT2D eigenvalue weighted by molar-refractivity contribution is 5.85. The molecule has 0 aromatic carbocycles. The van der Waals surface area contributed by atoms with E-state index in [4.69, 9.17) is 10.5 Å². The molecule has 4 nitrogen and oxygen atoms in total. The Kier molecular flexibility index (Phi) is 5.02. The van der Waals surface area contributed by atoms with Crippen LogP contribution >= 0.6 is 12.4 Å². The largest absolute Gasteiger partial charge is 0.368 e. The molecule has 0 aromatic heterocycles. The number of carbonyl (C=O) groups excluding carboxylic acids is 1. The molecule has 2 N–H and O–H groups in total. The first-order valence-electron chi connectivity index (χ1n) is 5.84. The number of likely N-dealkylation sites (tertiary alicyclic amines) is 1. The molecular formula is C11H21ClN2O2. The minimum atomic E-state index is -0.177. The smallest absolute Gasteiger partial charge is 0.251 e. The van der Waals surface area contributed by atoms with Crippen LogP contribution in [0.2, 0.25) is 0 Å². The van der Waals surface area contributed by atoms with Crippen LogP contribution in [-0.2, 0) is 9.53 Å². The molecule has 1 amide bonds. The van der Waals surface area contributed by atoms with Gasteiger partial charge in [-0.1, -0.05) is 0 Å². The van der Waals surface area contributed by atoms with E-state index in [9.17, 15) is 4.79 Å². The van der Waals surface area contributed by atoms with Gasteiger partial charge in [0.2, 0.25) is 0 Å². The summed E-state index contributed by atoms with van der Waals surface area (Å²) in [6.45, 7) is 4.33. The van der Waals surface area contributed by atoms with Gasteiger partial charge in [0, 0.05) is 19.2 Å². The predicted molar refractivity (Wildman–Crippen MR) is 64.6 cm³/mol. The van der Waals surface area contributed by atoms with E-state index >= 15 is 0 Å². The number of hydrogen-bond acceptors (Lipinski definition) is 3. The van der Waals surface area contributed by atoms with Crippen molar-refractivity contribution in [3.05, 3.63) is 0 Å². The number of nitrogens with zero attached hydrogens (tertiary/aromatic N) is 1. The first-order valence-corrected chi connectivity index (χ1v) is 5.84. The molecule has 2 fully saturated rings. The monoisotopic (exact) mass is 248 g/mol. The normalized spacial score (nSPS) is 33.9. The van der Waals surface area contributed by atoms with Gasteiger partial charge >= 0.3 is 0 Å². The van der Waals surface area contributed by atoms with Crippen LogP contribution in [0, 0.1) is 5.92 Å². The number of halogens is 1. The molecule has 3 unspecified atom stereocenters. The zero-order valence-electron chi connectivity index (χ0n) is 9.72. The Bertz CT molecular complexity index is 244. The number of ether oxygens (including phenoxy) is 1. The van der Waals surface area contributed by atoms with Crippen molar-refractivity contribution in [3.63, 3.8) is 0 Å². The number of rotatable bonds is 2. The lowest BCUT2D eigenvalue weighted by molar-refractivity contribution is -0.141. The van der Waals surface area contributed by atoms with Crippen molar-refractivity contribution in [1.29, 1.82) is 0 Å². The van der Waals surface area contributed by atoms with Gasteiger partial charge in [-0.05, 0) is 38.6 Å². The van der Waals surface area contributed by atoms with E-state index in [0.29, 0.717) is 18.5 Å². The molecule has 0 radical (unpaired) electrons. The third-order valence-electron chi connectivity index (χ3n) is 3.48. The molecule has 0 bridgehead atoms. The molecule has 16 heavy (non-hydrogen) atoms. The van der Waals surface area contributed by atoms with Crippen molar-refractivity contribution in [2.24, 2.45) is 11.7 Å². The third-order valence-corrected chi connectivity index (χ3v) is 3.48. The van der Waals surface area contributed by atoms with E-state index in [-0.39, 0.29) is 24.4 Å². The number of nitrogens with two attached hydrogens (primary N) is 1.